The first kappa shape index (κ1) is 14.6. The van der Waals surface area contributed by atoms with Gasteiger partial charge in [0.15, 0.2) is 0 Å². The van der Waals surface area contributed by atoms with Crippen molar-refractivity contribution in [3.63, 3.8) is 0 Å². The van der Waals surface area contributed by atoms with E-state index in [1.54, 1.807) is 25.1 Å². The predicted octanol–water partition coefficient (Wildman–Crippen LogP) is 3.31. The summed E-state index contributed by atoms with van der Waals surface area (Å²) in [7, 11) is 0. The molecule has 0 spiro atoms. The Bertz CT molecular complexity index is 732. The predicted molar refractivity (Wildman–Crippen MR) is 84.3 cm³/mol. The number of halogens is 1. The zero-order chi connectivity index (χ0) is 15.7. The van der Waals surface area contributed by atoms with Crippen LogP contribution in [-0.2, 0) is 16.9 Å². The fraction of sp³-hybridized carbons (Fsp3) is 0.176. The first-order valence-corrected chi connectivity index (χ1v) is 7.32. The van der Waals surface area contributed by atoms with E-state index in [0.29, 0.717) is 5.02 Å². The van der Waals surface area contributed by atoms with Crippen molar-refractivity contribution in [2.45, 2.75) is 19.0 Å². The van der Waals surface area contributed by atoms with Gasteiger partial charge in [-0.1, -0.05) is 54.1 Å². The van der Waals surface area contributed by atoms with E-state index in [-0.39, 0.29) is 12.5 Å². The molecule has 1 heterocycles. The SMILES string of the molecule is C[C@@]1(c2ccccc2)NC(=O)N(Cc2cccc(Cl)c2)C1=O. The average molecular weight is 315 g/mol. The molecule has 5 heteroatoms. The van der Waals surface area contributed by atoms with Gasteiger partial charge in [-0.25, -0.2) is 4.79 Å². The Kier molecular flexibility index (Phi) is 3.62. The minimum atomic E-state index is -1.03. The molecule has 0 aliphatic carbocycles. The summed E-state index contributed by atoms with van der Waals surface area (Å²) in [6, 6.07) is 16.0. The number of carbonyl (C=O) groups is 2. The van der Waals surface area contributed by atoms with E-state index in [9.17, 15) is 9.59 Å². The maximum atomic E-state index is 12.7. The van der Waals surface area contributed by atoms with Crippen molar-refractivity contribution in [2.24, 2.45) is 0 Å². The Hall–Kier alpha value is -2.33. The van der Waals surface area contributed by atoms with Crippen LogP contribution in [0.1, 0.15) is 18.1 Å². The highest BCUT2D eigenvalue weighted by Crippen LogP contribution is 2.29. The zero-order valence-electron chi connectivity index (χ0n) is 12.0. The van der Waals surface area contributed by atoms with Crippen LogP contribution < -0.4 is 5.32 Å². The van der Waals surface area contributed by atoms with E-state index in [1.807, 2.05) is 36.4 Å². The molecule has 1 aliphatic heterocycles. The molecule has 1 N–H and O–H groups in total. The number of hydrogen-bond acceptors (Lipinski definition) is 2. The van der Waals surface area contributed by atoms with E-state index >= 15 is 0 Å². The Labute approximate surface area is 133 Å². The van der Waals surface area contributed by atoms with Crippen LogP contribution in [0.2, 0.25) is 5.02 Å². The van der Waals surface area contributed by atoms with Gasteiger partial charge in [0.25, 0.3) is 5.91 Å². The van der Waals surface area contributed by atoms with Crippen molar-refractivity contribution in [3.8, 4) is 0 Å². The van der Waals surface area contributed by atoms with Crippen LogP contribution in [0.3, 0.4) is 0 Å². The van der Waals surface area contributed by atoms with Crippen molar-refractivity contribution >= 4 is 23.5 Å². The summed E-state index contributed by atoms with van der Waals surface area (Å²) < 4.78 is 0. The molecule has 3 rings (SSSR count). The van der Waals surface area contributed by atoms with Crippen LogP contribution in [0, 0.1) is 0 Å². The molecule has 2 aromatic rings. The lowest BCUT2D eigenvalue weighted by Gasteiger charge is -2.22. The second kappa shape index (κ2) is 5.46. The fourth-order valence-electron chi connectivity index (χ4n) is 2.63. The fourth-order valence-corrected chi connectivity index (χ4v) is 2.84. The van der Waals surface area contributed by atoms with Gasteiger partial charge in [-0.05, 0) is 30.2 Å². The average Bonchev–Trinajstić information content (AvgIpc) is 2.73. The van der Waals surface area contributed by atoms with Crippen LogP contribution in [0.4, 0.5) is 4.79 Å². The van der Waals surface area contributed by atoms with E-state index in [0.717, 1.165) is 11.1 Å². The Morgan fingerprint density at radius 2 is 1.82 bits per heavy atom. The molecule has 1 fully saturated rings. The first-order valence-electron chi connectivity index (χ1n) is 6.95. The number of urea groups is 1. The number of nitrogens with zero attached hydrogens (tertiary/aromatic N) is 1. The number of hydrogen-bond donors (Lipinski definition) is 1. The van der Waals surface area contributed by atoms with Crippen molar-refractivity contribution in [1.82, 2.24) is 10.2 Å². The summed E-state index contributed by atoms with van der Waals surface area (Å²) in [5.41, 5.74) is 0.548. The highest BCUT2D eigenvalue weighted by atomic mass is 35.5. The monoisotopic (exact) mass is 314 g/mol. The van der Waals surface area contributed by atoms with Crippen molar-refractivity contribution in [1.29, 1.82) is 0 Å². The van der Waals surface area contributed by atoms with Crippen LogP contribution >= 0.6 is 11.6 Å². The minimum absolute atomic E-state index is 0.202. The first-order chi connectivity index (χ1) is 10.5. The highest BCUT2D eigenvalue weighted by molar-refractivity contribution is 6.30. The van der Waals surface area contributed by atoms with Crippen molar-refractivity contribution in [2.75, 3.05) is 0 Å². The van der Waals surface area contributed by atoms with Gasteiger partial charge in [-0.3, -0.25) is 9.69 Å². The summed E-state index contributed by atoms with van der Waals surface area (Å²) in [4.78, 5) is 26.2. The molecular weight excluding hydrogens is 300 g/mol. The third-order valence-electron chi connectivity index (χ3n) is 3.86. The van der Waals surface area contributed by atoms with E-state index < -0.39 is 11.6 Å². The van der Waals surface area contributed by atoms with Gasteiger partial charge in [0.1, 0.15) is 5.54 Å². The minimum Gasteiger partial charge on any atom is -0.319 e. The lowest BCUT2D eigenvalue weighted by Crippen LogP contribution is -2.40. The largest absolute Gasteiger partial charge is 0.325 e. The van der Waals surface area contributed by atoms with E-state index in [1.165, 1.54) is 4.90 Å². The summed E-state index contributed by atoms with van der Waals surface area (Å²) in [5, 5.41) is 3.36. The van der Waals surface area contributed by atoms with Crippen LogP contribution in [-0.4, -0.2) is 16.8 Å². The number of carbonyl (C=O) groups excluding carboxylic acids is 2. The van der Waals surface area contributed by atoms with Gasteiger partial charge in [-0.2, -0.15) is 0 Å². The lowest BCUT2D eigenvalue weighted by atomic mass is 9.92. The molecule has 1 atom stereocenters. The van der Waals surface area contributed by atoms with Gasteiger partial charge in [0, 0.05) is 5.02 Å². The molecule has 0 unspecified atom stereocenters. The van der Waals surface area contributed by atoms with Gasteiger partial charge in [0.05, 0.1) is 6.54 Å². The third kappa shape index (κ3) is 2.46. The van der Waals surface area contributed by atoms with Crippen molar-refractivity contribution in [3.05, 3.63) is 70.7 Å². The zero-order valence-corrected chi connectivity index (χ0v) is 12.8. The van der Waals surface area contributed by atoms with Crippen LogP contribution in [0.25, 0.3) is 0 Å². The standard InChI is InChI=1S/C17H15ClN2O2/c1-17(13-7-3-2-4-8-13)15(21)20(16(22)19-17)11-12-6-5-9-14(18)10-12/h2-10H,11H2,1H3,(H,19,22)/t17-/m0/s1. The maximum absolute atomic E-state index is 12.7. The van der Waals surface area contributed by atoms with Gasteiger partial charge >= 0.3 is 6.03 Å². The molecule has 3 amide bonds. The molecule has 0 bridgehead atoms. The van der Waals surface area contributed by atoms with Gasteiger partial charge in [0.2, 0.25) is 0 Å². The molecule has 1 saturated heterocycles. The summed E-state index contributed by atoms with van der Waals surface area (Å²) in [5.74, 6) is -0.260. The summed E-state index contributed by atoms with van der Waals surface area (Å²) in [6.07, 6.45) is 0. The Morgan fingerprint density at radius 1 is 1.09 bits per heavy atom. The molecule has 22 heavy (non-hydrogen) atoms. The quantitative estimate of drug-likeness (QED) is 0.884. The normalized spacial score (nSPS) is 21.1. The topological polar surface area (TPSA) is 49.4 Å². The molecule has 1 aliphatic rings. The molecule has 0 aromatic heterocycles. The second-order valence-corrected chi connectivity index (χ2v) is 5.88. The maximum Gasteiger partial charge on any atom is 0.325 e. The highest BCUT2D eigenvalue weighted by Gasteiger charge is 2.48. The lowest BCUT2D eigenvalue weighted by molar-refractivity contribution is -0.131. The Balaban J connectivity index is 1.89. The molecule has 4 nitrogen and oxygen atoms in total. The number of rotatable bonds is 3. The number of amides is 3. The van der Waals surface area contributed by atoms with Crippen LogP contribution in [0.5, 0.6) is 0 Å². The number of imide groups is 1. The van der Waals surface area contributed by atoms with E-state index in [4.69, 9.17) is 11.6 Å². The van der Waals surface area contributed by atoms with E-state index in [2.05, 4.69) is 5.32 Å². The summed E-state index contributed by atoms with van der Waals surface area (Å²) in [6.45, 7) is 1.92. The van der Waals surface area contributed by atoms with Gasteiger partial charge < -0.3 is 5.32 Å². The molecule has 0 radical (unpaired) electrons. The van der Waals surface area contributed by atoms with Gasteiger partial charge in [-0.15, -0.1) is 0 Å². The third-order valence-corrected chi connectivity index (χ3v) is 4.09. The molecule has 112 valence electrons. The van der Waals surface area contributed by atoms with Crippen LogP contribution in [0.15, 0.2) is 54.6 Å². The Morgan fingerprint density at radius 3 is 2.50 bits per heavy atom. The molecule has 2 aromatic carbocycles. The van der Waals surface area contributed by atoms with Crippen molar-refractivity contribution < 1.29 is 9.59 Å². The number of benzene rings is 2. The second-order valence-electron chi connectivity index (χ2n) is 5.44. The summed E-state index contributed by atoms with van der Waals surface area (Å²) >= 11 is 5.95. The molecular formula is C17H15ClN2O2. The molecule has 0 saturated carbocycles. The smallest absolute Gasteiger partial charge is 0.319 e. The number of nitrogens with one attached hydrogen (secondary N) is 1.